The summed E-state index contributed by atoms with van der Waals surface area (Å²) in [4.78, 5) is 12.5. The number of aliphatic hydroxyl groups excluding tert-OH is 2. The van der Waals surface area contributed by atoms with Crippen LogP contribution < -0.4 is 5.32 Å². The van der Waals surface area contributed by atoms with Crippen molar-refractivity contribution in [3.8, 4) is 0 Å². The molecule has 0 spiro atoms. The number of allylic oxidation sites excluding steroid dienone is 5. The summed E-state index contributed by atoms with van der Waals surface area (Å²) in [5, 5.41) is 23.2. The minimum atomic E-state index is -0.869. The molecular weight excluding hydrogens is 807 g/mol. The van der Waals surface area contributed by atoms with Crippen molar-refractivity contribution in [3.63, 3.8) is 0 Å². The number of unbranched alkanes of at least 4 members (excludes halogenated alkanes) is 45. The number of hydrogen-bond acceptors (Lipinski definition) is 3. The Bertz CT molecular complexity index is 1010. The maximum absolute atomic E-state index is 12.5. The minimum absolute atomic E-state index is 0.0716. The molecule has 0 aliphatic rings. The van der Waals surface area contributed by atoms with Crippen molar-refractivity contribution >= 4 is 5.91 Å². The van der Waals surface area contributed by atoms with E-state index in [2.05, 4.69) is 43.5 Å². The van der Waals surface area contributed by atoms with E-state index in [1.54, 1.807) is 6.08 Å². The summed E-state index contributed by atoms with van der Waals surface area (Å²) in [6.45, 7) is 4.34. The highest BCUT2D eigenvalue weighted by molar-refractivity contribution is 5.76. The van der Waals surface area contributed by atoms with Crippen LogP contribution in [0.3, 0.4) is 0 Å². The fraction of sp³-hybridized carbons (Fsp3) is 0.887. The number of nitrogens with one attached hydrogen (secondary N) is 1. The summed E-state index contributed by atoms with van der Waals surface area (Å²) in [6, 6.07) is -0.644. The van der Waals surface area contributed by atoms with Gasteiger partial charge in [0.25, 0.3) is 0 Å². The number of rotatable bonds is 56. The average Bonchev–Trinajstić information content (AvgIpc) is 3.32. The molecule has 4 heteroatoms. The molecule has 0 radical (unpaired) electrons. The van der Waals surface area contributed by atoms with Gasteiger partial charge in [0.05, 0.1) is 18.8 Å². The number of amides is 1. The lowest BCUT2D eigenvalue weighted by Gasteiger charge is -2.19. The summed E-state index contributed by atoms with van der Waals surface area (Å²) >= 11 is 0. The number of hydrogen-bond donors (Lipinski definition) is 3. The van der Waals surface area contributed by atoms with E-state index in [1.165, 1.54) is 276 Å². The number of carbonyl (C=O) groups excluding carboxylic acids is 1. The van der Waals surface area contributed by atoms with E-state index in [1.807, 2.05) is 6.08 Å². The van der Waals surface area contributed by atoms with Gasteiger partial charge in [-0.15, -0.1) is 0 Å². The molecule has 3 N–H and O–H groups in total. The van der Waals surface area contributed by atoms with Crippen LogP contribution in [0, 0.1) is 0 Å². The lowest BCUT2D eigenvalue weighted by atomic mass is 10.0. The van der Waals surface area contributed by atoms with Gasteiger partial charge in [-0.05, 0) is 44.9 Å². The monoisotopic (exact) mass is 926 g/mol. The van der Waals surface area contributed by atoms with Gasteiger partial charge in [-0.3, -0.25) is 4.79 Å². The van der Waals surface area contributed by atoms with Crippen molar-refractivity contribution in [2.45, 2.75) is 347 Å². The molecule has 0 fully saturated rings. The van der Waals surface area contributed by atoms with Crippen molar-refractivity contribution in [1.29, 1.82) is 0 Å². The van der Waals surface area contributed by atoms with Gasteiger partial charge in [0.15, 0.2) is 0 Å². The summed E-state index contributed by atoms with van der Waals surface area (Å²) in [5.41, 5.74) is 0. The first-order valence-electron chi connectivity index (χ1n) is 30.2. The minimum Gasteiger partial charge on any atom is -0.394 e. The Hall–Kier alpha value is -1.39. The van der Waals surface area contributed by atoms with Crippen LogP contribution in [0.25, 0.3) is 0 Å². The molecule has 2 unspecified atom stereocenters. The largest absolute Gasteiger partial charge is 0.394 e. The second kappa shape index (κ2) is 57.9. The van der Waals surface area contributed by atoms with Crippen molar-refractivity contribution in [2.75, 3.05) is 6.61 Å². The molecule has 0 bridgehead atoms. The molecule has 1 amide bonds. The summed E-state index contributed by atoms with van der Waals surface area (Å²) in [7, 11) is 0. The van der Waals surface area contributed by atoms with Crippen LogP contribution >= 0.6 is 0 Å². The third-order valence-corrected chi connectivity index (χ3v) is 14.1. The molecule has 0 aromatic rings. The zero-order valence-corrected chi connectivity index (χ0v) is 45.0. The van der Waals surface area contributed by atoms with Crippen LogP contribution in [0.15, 0.2) is 36.5 Å². The van der Waals surface area contributed by atoms with Crippen molar-refractivity contribution in [3.05, 3.63) is 36.5 Å². The Labute approximate surface area is 414 Å². The predicted octanol–water partition coefficient (Wildman–Crippen LogP) is 20.0. The van der Waals surface area contributed by atoms with E-state index in [4.69, 9.17) is 0 Å². The van der Waals surface area contributed by atoms with Crippen LogP contribution in [0.1, 0.15) is 335 Å². The lowest BCUT2D eigenvalue weighted by Crippen LogP contribution is -2.45. The Kier molecular flexibility index (Phi) is 56.7. The molecule has 0 aromatic carbocycles. The van der Waals surface area contributed by atoms with Gasteiger partial charge in [0.2, 0.25) is 5.91 Å². The van der Waals surface area contributed by atoms with E-state index >= 15 is 0 Å². The van der Waals surface area contributed by atoms with Crippen molar-refractivity contribution in [1.82, 2.24) is 5.32 Å². The summed E-state index contributed by atoms with van der Waals surface area (Å²) in [6.07, 6.45) is 79.1. The first kappa shape index (κ1) is 64.6. The van der Waals surface area contributed by atoms with Gasteiger partial charge in [-0.25, -0.2) is 0 Å². The quantitative estimate of drug-likeness (QED) is 0.0420. The zero-order chi connectivity index (χ0) is 47.7. The normalized spacial score (nSPS) is 13.0. The Balaban J connectivity index is 3.51. The van der Waals surface area contributed by atoms with Crippen LogP contribution in [0.2, 0.25) is 0 Å². The lowest BCUT2D eigenvalue weighted by molar-refractivity contribution is -0.123. The summed E-state index contributed by atoms with van der Waals surface area (Å²) in [5.74, 6) is -0.0716. The third-order valence-electron chi connectivity index (χ3n) is 14.1. The Morgan fingerprint density at radius 2 is 0.591 bits per heavy atom. The molecule has 0 aliphatic carbocycles. The van der Waals surface area contributed by atoms with E-state index in [-0.39, 0.29) is 12.5 Å². The molecule has 2 atom stereocenters. The third kappa shape index (κ3) is 53.6. The molecule has 0 aromatic heterocycles. The second-order valence-corrected chi connectivity index (χ2v) is 20.8. The Morgan fingerprint density at radius 3 is 0.879 bits per heavy atom. The maximum atomic E-state index is 12.5. The van der Waals surface area contributed by atoms with Crippen LogP contribution in [-0.2, 0) is 4.79 Å². The molecule has 4 nitrogen and oxygen atoms in total. The molecule has 390 valence electrons. The number of carbonyl (C=O) groups is 1. The standard InChI is InChI=1S/C62H119NO3/c1-3-5-7-9-11-13-15-17-19-21-23-25-27-28-29-30-31-32-33-34-35-36-37-39-41-43-45-47-49-51-53-55-57-61(65)60(59-64)63-62(66)58-56-54-52-50-48-46-44-42-40-38-26-24-22-20-18-16-14-12-10-8-6-4-2/h39,41,47,49,55,57,60-61,64-65H,3-38,40,42-46,48,50-54,56,58-59H2,1-2H3,(H,63,66)/b41-39+,49-47+,57-55+. The fourth-order valence-corrected chi connectivity index (χ4v) is 9.51. The maximum Gasteiger partial charge on any atom is 0.220 e. The molecule has 66 heavy (non-hydrogen) atoms. The Morgan fingerprint density at radius 1 is 0.348 bits per heavy atom. The first-order chi connectivity index (χ1) is 32.7. The fourth-order valence-electron chi connectivity index (χ4n) is 9.51. The first-order valence-corrected chi connectivity index (χ1v) is 30.2. The van der Waals surface area contributed by atoms with E-state index in [0.717, 1.165) is 38.5 Å². The molecule has 0 saturated heterocycles. The SMILES string of the molecule is CCCCCCCCCCCCCCCCCCCCCCCC/C=C/CC/C=C/CC/C=C/C(O)C(CO)NC(=O)CCCCCCCCCCCCCCCCCCCCCCCC. The molecule has 0 heterocycles. The number of aliphatic hydroxyl groups is 2. The van der Waals surface area contributed by atoms with Gasteiger partial charge in [-0.2, -0.15) is 0 Å². The van der Waals surface area contributed by atoms with Gasteiger partial charge < -0.3 is 15.5 Å². The molecule has 0 aliphatic heterocycles. The van der Waals surface area contributed by atoms with E-state index in [0.29, 0.717) is 6.42 Å². The van der Waals surface area contributed by atoms with E-state index in [9.17, 15) is 15.0 Å². The topological polar surface area (TPSA) is 69.6 Å². The van der Waals surface area contributed by atoms with Crippen LogP contribution in [0.4, 0.5) is 0 Å². The second-order valence-electron chi connectivity index (χ2n) is 20.8. The van der Waals surface area contributed by atoms with Gasteiger partial charge >= 0.3 is 0 Å². The highest BCUT2D eigenvalue weighted by Gasteiger charge is 2.18. The van der Waals surface area contributed by atoms with Gasteiger partial charge in [0.1, 0.15) is 0 Å². The smallest absolute Gasteiger partial charge is 0.220 e. The molecular formula is C62H119NO3. The van der Waals surface area contributed by atoms with Crippen molar-refractivity contribution < 1.29 is 15.0 Å². The molecule has 0 rings (SSSR count). The molecule has 0 saturated carbocycles. The highest BCUT2D eigenvalue weighted by atomic mass is 16.3. The van der Waals surface area contributed by atoms with Crippen molar-refractivity contribution in [2.24, 2.45) is 0 Å². The van der Waals surface area contributed by atoms with Crippen LogP contribution in [0.5, 0.6) is 0 Å². The average molecular weight is 927 g/mol. The van der Waals surface area contributed by atoms with Crippen LogP contribution in [-0.4, -0.2) is 34.9 Å². The van der Waals surface area contributed by atoms with Gasteiger partial charge in [0, 0.05) is 6.42 Å². The van der Waals surface area contributed by atoms with Gasteiger partial charge in [-0.1, -0.05) is 320 Å². The highest BCUT2D eigenvalue weighted by Crippen LogP contribution is 2.18. The zero-order valence-electron chi connectivity index (χ0n) is 45.0. The predicted molar refractivity (Wildman–Crippen MR) is 295 cm³/mol. The van der Waals surface area contributed by atoms with E-state index < -0.39 is 12.1 Å². The summed E-state index contributed by atoms with van der Waals surface area (Å²) < 4.78 is 0.